The number of hydrogen-bond acceptors (Lipinski definition) is 6. The van der Waals surface area contributed by atoms with E-state index in [0.717, 1.165) is 75.5 Å². The zero-order valence-electron chi connectivity index (χ0n) is 29.3. The number of nitriles is 1. The van der Waals surface area contributed by atoms with Crippen LogP contribution in [-0.2, 0) is 6.61 Å². The highest BCUT2D eigenvalue weighted by atomic mass is 16.5. The molecule has 3 N–H and O–H groups in total. The first-order chi connectivity index (χ1) is 26.1. The largest absolute Gasteiger partial charge is 0.487 e. The van der Waals surface area contributed by atoms with Gasteiger partial charge < -0.3 is 15.8 Å². The number of allylic oxidation sites excluding steroid dienone is 7. The van der Waals surface area contributed by atoms with Crippen molar-refractivity contribution >= 4 is 22.9 Å². The molecule has 1 aliphatic heterocycles. The molecule has 8 rings (SSSR count). The predicted molar refractivity (Wildman–Crippen MR) is 215 cm³/mol. The molecule has 6 nitrogen and oxygen atoms in total. The lowest BCUT2D eigenvalue weighted by atomic mass is 9.90. The van der Waals surface area contributed by atoms with Gasteiger partial charge in [-0.05, 0) is 76.4 Å². The lowest BCUT2D eigenvalue weighted by molar-refractivity contribution is 0.308. The Balaban J connectivity index is 1.06. The summed E-state index contributed by atoms with van der Waals surface area (Å²) in [6.07, 6.45) is 12.6. The van der Waals surface area contributed by atoms with Crippen molar-refractivity contribution in [3.8, 4) is 22.9 Å². The number of nitrogens with zero attached hydrogens (tertiary/aromatic N) is 3. The van der Waals surface area contributed by atoms with Gasteiger partial charge in [0.2, 0.25) is 0 Å². The van der Waals surface area contributed by atoms with E-state index >= 15 is 0 Å². The first-order valence-electron chi connectivity index (χ1n) is 18.0. The first-order valence-corrected chi connectivity index (χ1v) is 18.0. The fraction of sp³-hybridized carbons (Fsp3) is 0.128. The van der Waals surface area contributed by atoms with Crippen LogP contribution in [0.3, 0.4) is 0 Å². The zero-order valence-corrected chi connectivity index (χ0v) is 29.3. The van der Waals surface area contributed by atoms with E-state index in [1.165, 1.54) is 11.1 Å². The Labute approximate surface area is 310 Å². The minimum Gasteiger partial charge on any atom is -0.487 e. The van der Waals surface area contributed by atoms with Gasteiger partial charge in [0, 0.05) is 22.6 Å². The van der Waals surface area contributed by atoms with Gasteiger partial charge in [0.1, 0.15) is 24.4 Å². The van der Waals surface area contributed by atoms with E-state index in [1.807, 2.05) is 66.7 Å². The molecule has 2 unspecified atom stereocenters. The van der Waals surface area contributed by atoms with Crippen LogP contribution in [0.15, 0.2) is 179 Å². The summed E-state index contributed by atoms with van der Waals surface area (Å²) in [6.45, 7) is 0.392. The number of nitrogens with two attached hydrogens (primary N) is 1. The van der Waals surface area contributed by atoms with Crippen molar-refractivity contribution in [3.05, 3.63) is 197 Å². The Kier molecular flexibility index (Phi) is 9.63. The number of amidine groups is 2. The van der Waals surface area contributed by atoms with Crippen LogP contribution in [-0.4, -0.2) is 11.7 Å². The average Bonchev–Trinajstić information content (AvgIpc) is 3.24. The summed E-state index contributed by atoms with van der Waals surface area (Å²) in [5.74, 6) is 2.51. The molecular weight excluding hydrogens is 651 g/mol. The van der Waals surface area contributed by atoms with E-state index in [2.05, 4.69) is 102 Å². The summed E-state index contributed by atoms with van der Waals surface area (Å²) >= 11 is 0. The molecule has 3 aliphatic rings. The normalized spacial score (nSPS) is 18.0. The van der Waals surface area contributed by atoms with Gasteiger partial charge in [-0.1, -0.05) is 140 Å². The molecule has 0 saturated carbocycles. The van der Waals surface area contributed by atoms with Gasteiger partial charge in [-0.2, -0.15) is 5.26 Å². The summed E-state index contributed by atoms with van der Waals surface area (Å²) < 4.78 is 6.48. The summed E-state index contributed by atoms with van der Waals surface area (Å²) in [6, 6.07) is 45.7. The molecule has 5 aromatic carbocycles. The van der Waals surface area contributed by atoms with Crippen molar-refractivity contribution in [2.24, 2.45) is 9.98 Å². The predicted octanol–water partition coefficient (Wildman–Crippen LogP) is 10.3. The van der Waals surface area contributed by atoms with E-state index in [1.54, 1.807) is 0 Å². The van der Waals surface area contributed by atoms with Crippen LogP contribution in [0.25, 0.3) is 16.7 Å². The van der Waals surface area contributed by atoms with Crippen molar-refractivity contribution in [3.63, 3.8) is 0 Å². The number of aliphatic imine (C=N–C) groups is 2. The van der Waals surface area contributed by atoms with Gasteiger partial charge in [-0.3, -0.25) is 0 Å². The summed E-state index contributed by atoms with van der Waals surface area (Å²) in [5.41, 5.74) is 18.0. The van der Waals surface area contributed by atoms with Crippen LogP contribution in [0, 0.1) is 11.3 Å². The standard InChI is InChI=1S/C47H39N5O/c48-30-32-16-20-34(21-17-32)35-22-18-33(19-23-35)31-53-43-29-41(28-42(44(43)49)37-10-4-1-5-11-37)36-24-26-40(27-25-36)47-51-45(38-12-6-2-7-13-38)50-46(52-47)39-14-8-3-9-15-39/h1-20,22-24,26,28-29,34,45H,21,25,27,31,49H2,(H,50,51,52). The fourth-order valence-electron chi connectivity index (χ4n) is 6.97. The second-order valence-electron chi connectivity index (χ2n) is 13.4. The number of nitrogen functional groups attached to an aromatic ring is 1. The number of anilines is 1. The molecule has 258 valence electrons. The molecule has 1 heterocycles. The van der Waals surface area contributed by atoms with Crippen molar-refractivity contribution in [2.45, 2.75) is 38.0 Å². The molecule has 0 aromatic heterocycles. The molecule has 2 atom stereocenters. The Morgan fingerprint density at radius 3 is 2.09 bits per heavy atom. The molecule has 2 aliphatic carbocycles. The lowest BCUT2D eigenvalue weighted by Crippen LogP contribution is -2.34. The molecule has 0 fully saturated rings. The van der Waals surface area contributed by atoms with Crippen molar-refractivity contribution in [1.82, 2.24) is 5.32 Å². The van der Waals surface area contributed by atoms with Gasteiger partial charge in [-0.15, -0.1) is 0 Å². The number of ether oxygens (including phenoxy) is 1. The number of rotatable bonds is 9. The van der Waals surface area contributed by atoms with Gasteiger partial charge in [0.15, 0.2) is 5.84 Å². The maximum atomic E-state index is 9.16. The van der Waals surface area contributed by atoms with E-state index in [-0.39, 0.29) is 12.1 Å². The molecule has 6 heteroatoms. The number of nitrogens with one attached hydrogen (secondary N) is 1. The van der Waals surface area contributed by atoms with Gasteiger partial charge >= 0.3 is 0 Å². The van der Waals surface area contributed by atoms with Crippen LogP contribution in [0.4, 0.5) is 5.69 Å². The molecule has 53 heavy (non-hydrogen) atoms. The monoisotopic (exact) mass is 689 g/mol. The van der Waals surface area contributed by atoms with E-state index in [9.17, 15) is 0 Å². The molecule has 0 amide bonds. The minimum absolute atomic E-state index is 0.231. The fourth-order valence-corrected chi connectivity index (χ4v) is 6.97. The zero-order chi connectivity index (χ0) is 36.0. The van der Waals surface area contributed by atoms with Crippen LogP contribution >= 0.6 is 0 Å². The smallest absolute Gasteiger partial charge is 0.159 e. The molecule has 0 spiro atoms. The van der Waals surface area contributed by atoms with Crippen LogP contribution < -0.4 is 15.8 Å². The molecule has 0 saturated heterocycles. The second kappa shape index (κ2) is 15.3. The van der Waals surface area contributed by atoms with E-state index < -0.39 is 0 Å². The number of benzene rings is 5. The second-order valence-corrected chi connectivity index (χ2v) is 13.4. The third-order valence-corrected chi connectivity index (χ3v) is 9.97. The SMILES string of the molecule is N#CC1=CCC(c2ccc(COc3cc(C4=CC=C(C5=NC(c6ccccc6)=NC(c6ccccc6)N5)CC4)cc(-c4ccccc4)c3N)cc2)C=C1. The average molecular weight is 690 g/mol. The van der Waals surface area contributed by atoms with E-state index in [0.29, 0.717) is 18.0 Å². The van der Waals surface area contributed by atoms with Crippen LogP contribution in [0.1, 0.15) is 59.2 Å². The molecule has 0 bridgehead atoms. The highest BCUT2D eigenvalue weighted by Crippen LogP contribution is 2.40. The number of hydrogen-bond donors (Lipinski definition) is 2. The third-order valence-electron chi connectivity index (χ3n) is 9.97. The topological polar surface area (TPSA) is 95.8 Å². The Hall–Kier alpha value is -6.71. The summed E-state index contributed by atoms with van der Waals surface area (Å²) in [7, 11) is 0. The van der Waals surface area contributed by atoms with Crippen LogP contribution in [0.5, 0.6) is 5.75 Å². The van der Waals surface area contributed by atoms with Crippen LogP contribution in [0.2, 0.25) is 0 Å². The van der Waals surface area contributed by atoms with Gasteiger partial charge in [0.25, 0.3) is 0 Å². The van der Waals surface area contributed by atoms with Crippen molar-refractivity contribution in [2.75, 3.05) is 5.73 Å². The maximum Gasteiger partial charge on any atom is 0.159 e. The first kappa shape index (κ1) is 33.4. The Morgan fingerprint density at radius 2 is 1.43 bits per heavy atom. The van der Waals surface area contributed by atoms with Gasteiger partial charge in [-0.25, -0.2) is 9.98 Å². The van der Waals surface area contributed by atoms with Crippen molar-refractivity contribution < 1.29 is 4.74 Å². The molecule has 0 radical (unpaired) electrons. The summed E-state index contributed by atoms with van der Waals surface area (Å²) in [4.78, 5) is 10.0. The molecule has 5 aromatic rings. The third kappa shape index (κ3) is 7.51. The van der Waals surface area contributed by atoms with Crippen molar-refractivity contribution in [1.29, 1.82) is 5.26 Å². The summed E-state index contributed by atoms with van der Waals surface area (Å²) in [5, 5.41) is 12.8. The Morgan fingerprint density at radius 1 is 0.755 bits per heavy atom. The quantitative estimate of drug-likeness (QED) is 0.151. The maximum absolute atomic E-state index is 9.16. The van der Waals surface area contributed by atoms with E-state index in [4.69, 9.17) is 25.7 Å². The highest BCUT2D eigenvalue weighted by Gasteiger charge is 2.24. The lowest BCUT2D eigenvalue weighted by Gasteiger charge is -2.26. The minimum atomic E-state index is -0.231. The Bertz CT molecular complexity index is 2350. The van der Waals surface area contributed by atoms with Gasteiger partial charge in [0.05, 0.1) is 11.8 Å². The highest BCUT2D eigenvalue weighted by molar-refractivity contribution is 6.13. The molecular formula is C47H39N5O.